The molecule has 0 unspecified atom stereocenters. The number of carbonyl (C=O) groups is 1. The number of hydrogen-bond acceptors (Lipinski definition) is 1. The molecule has 0 saturated heterocycles. The largest absolute Gasteiger partial charge is 0.464 e. The quantitative estimate of drug-likeness (QED) is 0.662. The van der Waals surface area contributed by atoms with Gasteiger partial charge in [-0.1, -0.05) is 19.4 Å². The Balaban J connectivity index is 5.02. The average Bonchev–Trinajstić information content (AvgIpc) is 1.57. The maximum absolute atomic E-state index is 11.4. The van der Waals surface area contributed by atoms with Gasteiger partial charge < -0.3 is 5.11 Å². The van der Waals surface area contributed by atoms with Crippen LogP contribution in [0.25, 0.3) is 0 Å². The monoisotopic (exact) mass is 201 g/mol. The maximum Gasteiger partial charge on any atom is 0.423 e. The molecule has 0 aromatic carbocycles. The van der Waals surface area contributed by atoms with E-state index in [4.69, 9.17) is 5.11 Å². The second-order valence-electron chi connectivity index (χ2n) is 1.71. The van der Waals surface area contributed by atoms with Crippen molar-refractivity contribution in [2.75, 3.05) is 7.05 Å². The Bertz CT molecular complexity index is 194. The van der Waals surface area contributed by atoms with E-state index in [-0.39, 0.29) is 7.05 Å². The van der Waals surface area contributed by atoms with E-state index in [9.17, 15) is 24.2 Å². The van der Waals surface area contributed by atoms with Crippen LogP contribution in [0.15, 0.2) is 0 Å². The molecule has 0 radical (unpaired) electrons. The number of halogens is 5. The van der Waals surface area contributed by atoms with Crippen molar-refractivity contribution < 1.29 is 29.3 Å². The molecule has 0 aliphatic heterocycles. The Labute approximate surface area is 58.3 Å². The van der Waals surface area contributed by atoms with Crippen molar-refractivity contribution in [2.24, 2.45) is 0 Å². The highest BCUT2D eigenvalue weighted by molar-refractivity contribution is 8.44. The van der Waals surface area contributed by atoms with E-state index in [1.807, 2.05) is 0 Å². The molecule has 0 bridgehead atoms. The normalized spacial score (nSPS) is 18.4. The molecule has 0 heterocycles. The molecule has 11 heavy (non-hydrogen) atoms. The molecule has 0 fully saturated rings. The molecule has 0 aliphatic rings. The first-order chi connectivity index (χ1) is 4.34. The first kappa shape index (κ1) is 10.3. The molecule has 1 N–H and O–H groups in total. The van der Waals surface area contributed by atoms with Gasteiger partial charge in [0.2, 0.25) is 0 Å². The molecule has 0 aliphatic carbocycles. The van der Waals surface area contributed by atoms with Crippen LogP contribution in [0.4, 0.5) is 24.2 Å². The Hall–Kier alpha value is -0.730. The molecule has 3 nitrogen and oxygen atoms in total. The van der Waals surface area contributed by atoms with Crippen LogP contribution in [0.5, 0.6) is 0 Å². The number of nitrogens with zero attached hydrogens (tertiary/aromatic N) is 1. The Morgan fingerprint density at radius 2 is 1.55 bits per heavy atom. The van der Waals surface area contributed by atoms with E-state index in [0.717, 1.165) is 0 Å². The van der Waals surface area contributed by atoms with Gasteiger partial charge >= 0.3 is 16.5 Å². The zero-order valence-corrected chi connectivity index (χ0v) is 5.92. The zero-order valence-electron chi connectivity index (χ0n) is 5.10. The summed E-state index contributed by atoms with van der Waals surface area (Å²) in [5.41, 5.74) is 0. The molecular weight excluding hydrogens is 197 g/mol. The molecular formula is C2H4F5NO2S. The minimum atomic E-state index is -9.98. The fraction of sp³-hybridized carbons (Fsp3) is 0.500. The van der Waals surface area contributed by atoms with E-state index in [2.05, 4.69) is 0 Å². The van der Waals surface area contributed by atoms with Gasteiger partial charge in [-0.25, -0.2) is 4.79 Å². The Morgan fingerprint density at radius 1 is 1.27 bits per heavy atom. The van der Waals surface area contributed by atoms with Crippen molar-refractivity contribution in [2.45, 2.75) is 0 Å². The second kappa shape index (κ2) is 1.54. The van der Waals surface area contributed by atoms with Crippen LogP contribution in [0.3, 0.4) is 0 Å². The zero-order chi connectivity index (χ0) is 9.56. The first-order valence-electron chi connectivity index (χ1n) is 2.05. The number of amides is 1. The molecule has 0 rings (SSSR count). The Morgan fingerprint density at radius 3 is 1.55 bits per heavy atom. The van der Waals surface area contributed by atoms with Gasteiger partial charge in [-0.3, -0.25) is 0 Å². The van der Waals surface area contributed by atoms with E-state index >= 15 is 0 Å². The first-order valence-corrected chi connectivity index (χ1v) is 3.96. The fourth-order valence-corrected chi connectivity index (χ4v) is 0.443. The summed E-state index contributed by atoms with van der Waals surface area (Å²) in [7, 11) is -10.2. The van der Waals surface area contributed by atoms with Gasteiger partial charge in [0, 0.05) is 7.05 Å². The van der Waals surface area contributed by atoms with Crippen LogP contribution in [0.2, 0.25) is 0 Å². The van der Waals surface area contributed by atoms with Gasteiger partial charge in [-0.2, -0.15) is 4.31 Å². The maximum atomic E-state index is 11.4. The van der Waals surface area contributed by atoms with Crippen LogP contribution in [0, 0.1) is 0 Å². The van der Waals surface area contributed by atoms with Crippen molar-refractivity contribution >= 4 is 16.5 Å². The van der Waals surface area contributed by atoms with E-state index in [0.29, 0.717) is 0 Å². The minimum Gasteiger partial charge on any atom is -0.464 e. The topological polar surface area (TPSA) is 40.5 Å². The minimum absolute atomic E-state index is 0.246. The highest BCUT2D eigenvalue weighted by atomic mass is 32.5. The molecule has 0 aromatic rings. The summed E-state index contributed by atoms with van der Waals surface area (Å²) in [5.74, 6) is 0. The van der Waals surface area contributed by atoms with Crippen molar-refractivity contribution in [3.05, 3.63) is 0 Å². The van der Waals surface area contributed by atoms with E-state index < -0.39 is 20.8 Å². The third-order valence-corrected chi connectivity index (χ3v) is 1.98. The number of rotatable bonds is 1. The summed E-state index contributed by atoms with van der Waals surface area (Å²) in [4.78, 5) is 9.51. The molecule has 0 saturated carbocycles. The fourth-order valence-electron chi connectivity index (χ4n) is 0.148. The summed E-state index contributed by atoms with van der Waals surface area (Å²) in [6, 6.07) is 0. The van der Waals surface area contributed by atoms with Crippen molar-refractivity contribution in [1.29, 1.82) is 0 Å². The second-order valence-corrected chi connectivity index (χ2v) is 4.11. The van der Waals surface area contributed by atoms with Crippen LogP contribution in [-0.4, -0.2) is 22.6 Å². The predicted molar refractivity (Wildman–Crippen MR) is 28.9 cm³/mol. The summed E-state index contributed by atoms with van der Waals surface area (Å²) in [6.07, 6.45) is -2.73. The van der Waals surface area contributed by atoms with Crippen LogP contribution < -0.4 is 0 Å². The lowest BCUT2D eigenvalue weighted by Gasteiger charge is -2.45. The Kier molecular flexibility index (Phi) is 1.44. The van der Waals surface area contributed by atoms with E-state index in [1.165, 1.54) is 0 Å². The smallest absolute Gasteiger partial charge is 0.423 e. The molecule has 0 spiro atoms. The summed E-state index contributed by atoms with van der Waals surface area (Å²) < 4.78 is 55.1. The van der Waals surface area contributed by atoms with Gasteiger partial charge in [0.25, 0.3) is 0 Å². The third-order valence-electron chi connectivity index (χ3n) is 0.787. The van der Waals surface area contributed by atoms with Gasteiger partial charge in [0.1, 0.15) is 0 Å². The summed E-state index contributed by atoms with van der Waals surface area (Å²) in [6.45, 7) is 0. The van der Waals surface area contributed by atoms with Crippen molar-refractivity contribution in [1.82, 2.24) is 4.31 Å². The number of carboxylic acid groups (broad SMARTS) is 1. The number of hydrogen-bond donors (Lipinski definition) is 1. The SMILES string of the molecule is CN(C(=O)O)S(F)(F)(F)(F)F. The van der Waals surface area contributed by atoms with E-state index in [1.54, 1.807) is 0 Å². The van der Waals surface area contributed by atoms with Gasteiger partial charge in [-0.05, 0) is 0 Å². The van der Waals surface area contributed by atoms with Gasteiger partial charge in [-0.15, -0.1) is 0 Å². The third kappa shape index (κ3) is 2.78. The molecule has 0 aromatic heterocycles. The molecule has 0 atom stereocenters. The average molecular weight is 201 g/mol. The van der Waals surface area contributed by atoms with Gasteiger partial charge in [0.15, 0.2) is 0 Å². The van der Waals surface area contributed by atoms with Crippen LogP contribution >= 0.6 is 10.4 Å². The van der Waals surface area contributed by atoms with Gasteiger partial charge in [0.05, 0.1) is 0 Å². The highest BCUT2D eigenvalue weighted by Crippen LogP contribution is 2.98. The lowest BCUT2D eigenvalue weighted by Crippen LogP contribution is -2.34. The predicted octanol–water partition coefficient (Wildman–Crippen LogP) is 2.81. The lowest BCUT2D eigenvalue weighted by atomic mass is 11.1. The molecule has 70 valence electrons. The summed E-state index contributed by atoms with van der Waals surface area (Å²) in [5, 5.41) is 7.60. The summed E-state index contributed by atoms with van der Waals surface area (Å²) >= 11 is 0. The molecule has 9 heteroatoms. The highest BCUT2D eigenvalue weighted by Gasteiger charge is 2.70. The van der Waals surface area contributed by atoms with Crippen molar-refractivity contribution in [3.63, 3.8) is 0 Å². The van der Waals surface area contributed by atoms with Crippen LogP contribution in [0.1, 0.15) is 0 Å². The lowest BCUT2D eigenvalue weighted by molar-refractivity contribution is 0.160. The standard InChI is InChI=1S/C2H4F5NO2S/c1-8(2(9)10)11(3,4,5,6)7/h1H3,(H,9,10). The van der Waals surface area contributed by atoms with Crippen LogP contribution in [-0.2, 0) is 0 Å². The molecule has 1 amide bonds. The van der Waals surface area contributed by atoms with Crippen molar-refractivity contribution in [3.8, 4) is 0 Å².